The second kappa shape index (κ2) is 13.9. The zero-order valence-corrected chi connectivity index (χ0v) is 28.9. The van der Waals surface area contributed by atoms with Crippen molar-refractivity contribution in [1.82, 2.24) is 4.98 Å². The van der Waals surface area contributed by atoms with Crippen LogP contribution in [0.1, 0.15) is 55.8 Å². The molecule has 204 valence electrons. The molecule has 0 atom stereocenters. The Bertz CT molecular complexity index is 1320. The molecule has 0 aliphatic rings. The van der Waals surface area contributed by atoms with Gasteiger partial charge >= 0.3 is 39.3 Å². The van der Waals surface area contributed by atoms with Crippen LogP contribution in [-0.4, -0.2) is 4.98 Å². The fraction of sp³-hybridized carbons (Fsp3) is 0.303. The van der Waals surface area contributed by atoms with Crippen molar-refractivity contribution in [2.24, 2.45) is 0 Å². The average molecular weight is 698 g/mol. The van der Waals surface area contributed by atoms with E-state index < -0.39 is 7.92 Å². The Morgan fingerprint density at radius 1 is 0.605 bits per heavy atom. The molecule has 38 heavy (non-hydrogen) atoms. The van der Waals surface area contributed by atoms with Gasteiger partial charge in [-0.05, 0) is 126 Å². The molecule has 0 radical (unpaired) electrons. The molecule has 0 aliphatic heterocycles. The number of aromatic nitrogens is 1. The number of benzene rings is 3. The molecule has 1 heterocycles. The van der Waals surface area contributed by atoms with Crippen molar-refractivity contribution in [3.63, 3.8) is 0 Å². The van der Waals surface area contributed by atoms with Gasteiger partial charge in [0, 0.05) is 17.4 Å². The Hall–Kier alpha value is -1.31. The van der Waals surface area contributed by atoms with Gasteiger partial charge in [0.15, 0.2) is 0 Å². The molecule has 4 rings (SSSR count). The van der Waals surface area contributed by atoms with Crippen LogP contribution in [0.25, 0.3) is 11.3 Å². The minimum absolute atomic E-state index is 0.600. The van der Waals surface area contributed by atoms with Gasteiger partial charge in [-0.15, -0.1) is 0 Å². The second-order valence-corrected chi connectivity index (χ2v) is 17.5. The van der Waals surface area contributed by atoms with Crippen LogP contribution in [0.3, 0.4) is 0 Å². The molecule has 4 aromatic rings. The van der Waals surface area contributed by atoms with Crippen molar-refractivity contribution >= 4 is 47.0 Å². The van der Waals surface area contributed by atoms with Crippen LogP contribution >= 0.6 is 36.4 Å². The molecule has 3 aromatic carbocycles. The fourth-order valence-electron chi connectivity index (χ4n) is 5.92. The first-order valence-electron chi connectivity index (χ1n) is 12.8. The number of hydrogen-bond donors (Lipinski definition) is 0. The SMILES string of the molecule is Cc1cc(C)c(-c2cccc(CP(c3c(C)cc(C)cc3C)c3c(C)cc(C)cc3C)n2)c(C)c1.[Br][Ni][Br]. The van der Waals surface area contributed by atoms with Crippen LogP contribution in [0.4, 0.5) is 0 Å². The molecular weight excluding hydrogens is 660 g/mol. The minimum atomic E-state index is -0.600. The van der Waals surface area contributed by atoms with Gasteiger partial charge in [0.25, 0.3) is 0 Å². The van der Waals surface area contributed by atoms with Crippen LogP contribution in [0.15, 0.2) is 54.6 Å². The first kappa shape index (κ1) is 31.2. The van der Waals surface area contributed by atoms with E-state index in [0.717, 1.165) is 11.9 Å². The summed E-state index contributed by atoms with van der Waals surface area (Å²) < 4.78 is 0. The Kier molecular flexibility index (Phi) is 11.4. The van der Waals surface area contributed by atoms with Crippen LogP contribution in [0.5, 0.6) is 0 Å². The third-order valence-corrected chi connectivity index (χ3v) is 10.0. The van der Waals surface area contributed by atoms with E-state index in [2.05, 4.69) is 145 Å². The van der Waals surface area contributed by atoms with Crippen LogP contribution in [-0.2, 0) is 17.1 Å². The van der Waals surface area contributed by atoms with E-state index in [0.29, 0.717) is 0 Å². The molecule has 0 saturated heterocycles. The first-order chi connectivity index (χ1) is 18.0. The summed E-state index contributed by atoms with van der Waals surface area (Å²) in [6.45, 7) is 20.1. The van der Waals surface area contributed by atoms with Gasteiger partial charge in [-0.25, -0.2) is 0 Å². The van der Waals surface area contributed by atoms with Crippen molar-refractivity contribution in [2.45, 2.75) is 68.5 Å². The fourth-order valence-corrected chi connectivity index (χ4v) is 8.92. The van der Waals surface area contributed by atoms with Crippen LogP contribution < -0.4 is 10.6 Å². The van der Waals surface area contributed by atoms with E-state index in [1.807, 2.05) is 0 Å². The van der Waals surface area contributed by atoms with Gasteiger partial charge in [-0.2, -0.15) is 0 Å². The summed E-state index contributed by atoms with van der Waals surface area (Å²) in [6, 6.07) is 20.5. The summed E-state index contributed by atoms with van der Waals surface area (Å²) in [7, 11) is 0.650. The third kappa shape index (κ3) is 7.45. The van der Waals surface area contributed by atoms with E-state index in [1.54, 1.807) is 0 Å². The number of hydrogen-bond acceptors (Lipinski definition) is 1. The van der Waals surface area contributed by atoms with Crippen molar-refractivity contribution < 1.29 is 10.9 Å². The molecule has 0 unspecified atom stereocenters. The topological polar surface area (TPSA) is 12.9 Å². The Labute approximate surface area is 251 Å². The maximum atomic E-state index is 5.26. The number of pyridine rings is 1. The molecule has 0 amide bonds. The van der Waals surface area contributed by atoms with Gasteiger partial charge in [0.2, 0.25) is 0 Å². The zero-order chi connectivity index (χ0) is 28.1. The molecule has 5 heteroatoms. The Morgan fingerprint density at radius 2 is 0.974 bits per heavy atom. The molecule has 0 bridgehead atoms. The molecule has 0 fully saturated rings. The second-order valence-electron chi connectivity index (χ2n) is 10.4. The molecule has 1 nitrogen and oxygen atoms in total. The van der Waals surface area contributed by atoms with Crippen LogP contribution in [0.2, 0.25) is 0 Å². The summed E-state index contributed by atoms with van der Waals surface area (Å²) in [5.74, 6) is 0. The average Bonchev–Trinajstić information content (AvgIpc) is 2.78. The summed E-state index contributed by atoms with van der Waals surface area (Å²) >= 11 is 6.00. The molecule has 0 saturated carbocycles. The van der Waals surface area contributed by atoms with Gasteiger partial charge in [0.1, 0.15) is 0 Å². The quantitative estimate of drug-likeness (QED) is 0.150. The molecule has 1 aromatic heterocycles. The molecule has 0 aliphatic carbocycles. The van der Waals surface area contributed by atoms with Crippen molar-refractivity contribution in [2.75, 3.05) is 0 Å². The van der Waals surface area contributed by atoms with Gasteiger partial charge in [0.05, 0.1) is 5.69 Å². The van der Waals surface area contributed by atoms with E-state index >= 15 is 0 Å². The van der Waals surface area contributed by atoms with E-state index in [9.17, 15) is 0 Å². The monoisotopic (exact) mass is 695 g/mol. The zero-order valence-electron chi connectivity index (χ0n) is 23.9. The van der Waals surface area contributed by atoms with Crippen LogP contribution in [0, 0.1) is 62.3 Å². The number of rotatable bonds is 5. The van der Waals surface area contributed by atoms with Gasteiger partial charge in [-0.3, -0.25) is 4.98 Å². The first-order valence-corrected chi connectivity index (χ1v) is 19.2. The Morgan fingerprint density at radius 3 is 1.37 bits per heavy atom. The van der Waals surface area contributed by atoms with Crippen molar-refractivity contribution in [3.05, 3.63) is 110 Å². The normalized spacial score (nSPS) is 11.1. The number of halogens is 2. The van der Waals surface area contributed by atoms with E-state index in [4.69, 9.17) is 4.98 Å². The predicted molar refractivity (Wildman–Crippen MR) is 173 cm³/mol. The standard InChI is InChI=1S/C33H38NP.2BrH.Ni/c1-20-13-23(4)31(24(5)14-20)30-12-10-11-29(34-30)19-35(32-25(6)15-21(2)16-26(32)7)33-27(8)17-22(3)18-28(33)9;;;/h10-18H,19H2,1-9H3;2*1H;/q;;;+2/p-2. The van der Waals surface area contributed by atoms with E-state index in [-0.39, 0.29) is 0 Å². The number of aryl methyl sites for hydroxylation is 9. The summed E-state index contributed by atoms with van der Waals surface area (Å²) in [6.07, 6.45) is 0.947. The molecular formula is C33H38Br2NNiP. The Balaban J connectivity index is 0.00000127. The van der Waals surface area contributed by atoms with Gasteiger partial charge < -0.3 is 0 Å². The summed E-state index contributed by atoms with van der Waals surface area (Å²) in [5.41, 5.74) is 15.7. The number of nitrogens with zero attached hydrogens (tertiary/aromatic N) is 1. The maximum absolute atomic E-state index is 5.26. The van der Waals surface area contributed by atoms with Crippen molar-refractivity contribution in [3.8, 4) is 11.3 Å². The molecule has 0 N–H and O–H groups in total. The van der Waals surface area contributed by atoms with Crippen molar-refractivity contribution in [1.29, 1.82) is 0 Å². The van der Waals surface area contributed by atoms with Gasteiger partial charge in [-0.1, -0.05) is 59.2 Å². The van der Waals surface area contributed by atoms with E-state index in [1.165, 1.54) is 82.8 Å². The summed E-state index contributed by atoms with van der Waals surface area (Å²) in [5, 5.41) is 3.02. The predicted octanol–water partition coefficient (Wildman–Crippen LogP) is 9.85. The molecule has 0 spiro atoms. The summed E-state index contributed by atoms with van der Waals surface area (Å²) in [4.78, 5) is 5.26. The third-order valence-electron chi connectivity index (χ3n) is 6.87.